The smallest absolute Gasteiger partial charge is 0.242 e. The number of amides is 1. The number of fused-ring (bicyclic) bond motifs is 1. The standard InChI is InChI=1S/C21H27N5O5S2/c1-14-6-7-15(12-17(14)24-32(5,28)29)22-21(27)11-10-20-23-18-13-16(33(30,31)25(2)3)8-9-19(18)26(20)4/h6-9,12-13,24H,10-11H2,1-5H3,(H,22,27). The molecule has 0 spiro atoms. The minimum atomic E-state index is -3.57. The van der Waals surface area contributed by atoms with E-state index in [1.807, 2.05) is 11.6 Å². The predicted molar refractivity (Wildman–Crippen MR) is 128 cm³/mol. The molecule has 33 heavy (non-hydrogen) atoms. The molecule has 1 heterocycles. The third kappa shape index (κ3) is 5.70. The zero-order valence-corrected chi connectivity index (χ0v) is 20.7. The predicted octanol–water partition coefficient (Wildman–Crippen LogP) is 2.07. The van der Waals surface area contributed by atoms with Gasteiger partial charge >= 0.3 is 0 Å². The Balaban J connectivity index is 1.73. The molecule has 0 bridgehead atoms. The number of carbonyl (C=O) groups is 1. The Morgan fingerprint density at radius 3 is 2.42 bits per heavy atom. The zero-order valence-electron chi connectivity index (χ0n) is 19.1. The number of sulfonamides is 2. The van der Waals surface area contributed by atoms with Crippen molar-refractivity contribution in [2.45, 2.75) is 24.7 Å². The maximum Gasteiger partial charge on any atom is 0.242 e. The molecule has 1 aromatic heterocycles. The summed E-state index contributed by atoms with van der Waals surface area (Å²) in [6.07, 6.45) is 1.54. The second-order valence-electron chi connectivity index (χ2n) is 7.98. The molecule has 1 amide bonds. The molecule has 0 aliphatic carbocycles. The van der Waals surface area contributed by atoms with Crippen molar-refractivity contribution in [1.82, 2.24) is 13.9 Å². The lowest BCUT2D eigenvalue weighted by Crippen LogP contribution is -2.22. The van der Waals surface area contributed by atoms with Crippen molar-refractivity contribution in [2.24, 2.45) is 7.05 Å². The number of nitrogens with one attached hydrogen (secondary N) is 2. The van der Waals surface area contributed by atoms with Crippen molar-refractivity contribution >= 4 is 48.4 Å². The van der Waals surface area contributed by atoms with Crippen molar-refractivity contribution in [3.05, 3.63) is 47.8 Å². The molecule has 0 aliphatic rings. The minimum absolute atomic E-state index is 0.142. The highest BCUT2D eigenvalue weighted by molar-refractivity contribution is 7.92. The van der Waals surface area contributed by atoms with Crippen LogP contribution in [-0.4, -0.2) is 57.0 Å². The summed E-state index contributed by atoms with van der Waals surface area (Å²) in [5.74, 6) is 0.384. The van der Waals surface area contributed by atoms with Crippen LogP contribution in [0, 0.1) is 6.92 Å². The summed E-state index contributed by atoms with van der Waals surface area (Å²) >= 11 is 0. The van der Waals surface area contributed by atoms with Crippen LogP contribution in [0.2, 0.25) is 0 Å². The van der Waals surface area contributed by atoms with Crippen molar-refractivity contribution in [1.29, 1.82) is 0 Å². The van der Waals surface area contributed by atoms with Crippen molar-refractivity contribution in [2.75, 3.05) is 30.4 Å². The third-order valence-corrected chi connectivity index (χ3v) is 7.52. The van der Waals surface area contributed by atoms with E-state index in [0.717, 1.165) is 21.6 Å². The average molecular weight is 494 g/mol. The van der Waals surface area contributed by atoms with Gasteiger partial charge in [0.15, 0.2) is 0 Å². The van der Waals surface area contributed by atoms with E-state index in [1.54, 1.807) is 31.2 Å². The number of aryl methyl sites for hydroxylation is 3. The Hall–Kier alpha value is -2.96. The normalized spacial score (nSPS) is 12.3. The minimum Gasteiger partial charge on any atom is -0.331 e. The first-order chi connectivity index (χ1) is 15.3. The number of carbonyl (C=O) groups excluding carboxylic acids is 1. The molecule has 178 valence electrons. The number of hydrogen-bond donors (Lipinski definition) is 2. The maximum atomic E-state index is 12.5. The van der Waals surface area contributed by atoms with Crippen molar-refractivity contribution in [3.8, 4) is 0 Å². The lowest BCUT2D eigenvalue weighted by Gasteiger charge is -2.11. The molecule has 0 aliphatic heterocycles. The summed E-state index contributed by atoms with van der Waals surface area (Å²) in [5, 5.41) is 2.76. The van der Waals surface area contributed by atoms with E-state index in [9.17, 15) is 21.6 Å². The third-order valence-electron chi connectivity index (χ3n) is 5.12. The van der Waals surface area contributed by atoms with Crippen molar-refractivity contribution in [3.63, 3.8) is 0 Å². The van der Waals surface area contributed by atoms with Gasteiger partial charge in [-0.3, -0.25) is 9.52 Å². The number of hydrogen-bond acceptors (Lipinski definition) is 6. The largest absolute Gasteiger partial charge is 0.331 e. The Labute approximate surface area is 193 Å². The molecule has 2 N–H and O–H groups in total. The molecule has 0 unspecified atom stereocenters. The van der Waals surface area contributed by atoms with Gasteiger partial charge in [0.1, 0.15) is 5.82 Å². The number of nitrogens with zero attached hydrogens (tertiary/aromatic N) is 3. The van der Waals surface area contributed by atoms with Crippen LogP contribution in [0.1, 0.15) is 17.8 Å². The summed E-state index contributed by atoms with van der Waals surface area (Å²) in [6, 6.07) is 9.74. The quantitative estimate of drug-likeness (QED) is 0.494. The van der Waals surface area contributed by atoms with E-state index < -0.39 is 20.0 Å². The van der Waals surface area contributed by atoms with Crippen LogP contribution in [0.3, 0.4) is 0 Å². The molecule has 3 rings (SSSR count). The second kappa shape index (κ2) is 9.12. The van der Waals surface area contributed by atoms with E-state index in [0.29, 0.717) is 29.1 Å². The van der Waals surface area contributed by atoms with Gasteiger partial charge in [0, 0.05) is 39.7 Å². The van der Waals surface area contributed by atoms with Gasteiger partial charge in [-0.05, 0) is 42.8 Å². The summed E-state index contributed by atoms with van der Waals surface area (Å²) < 4.78 is 53.2. The van der Waals surface area contributed by atoms with Gasteiger partial charge < -0.3 is 9.88 Å². The van der Waals surface area contributed by atoms with Crippen LogP contribution < -0.4 is 10.0 Å². The average Bonchev–Trinajstić information content (AvgIpc) is 3.03. The number of aromatic nitrogens is 2. The van der Waals surface area contributed by atoms with Crippen LogP contribution >= 0.6 is 0 Å². The first-order valence-electron chi connectivity index (χ1n) is 10.0. The second-order valence-corrected chi connectivity index (χ2v) is 11.9. The highest BCUT2D eigenvalue weighted by Gasteiger charge is 2.19. The van der Waals surface area contributed by atoms with Gasteiger partial charge in [-0.1, -0.05) is 6.07 Å². The molecule has 0 saturated heterocycles. The number of benzene rings is 2. The number of anilines is 2. The van der Waals surface area contributed by atoms with Gasteiger partial charge in [-0.25, -0.2) is 26.1 Å². The van der Waals surface area contributed by atoms with E-state index in [-0.39, 0.29) is 17.2 Å². The zero-order chi connectivity index (χ0) is 24.6. The van der Waals surface area contributed by atoms with E-state index in [2.05, 4.69) is 15.0 Å². The fourth-order valence-corrected chi connectivity index (χ4v) is 4.82. The first kappa shape index (κ1) is 24.7. The fraction of sp³-hybridized carbons (Fsp3) is 0.333. The van der Waals surface area contributed by atoms with E-state index in [1.165, 1.54) is 26.2 Å². The van der Waals surface area contributed by atoms with Crippen LogP contribution in [0.25, 0.3) is 11.0 Å². The summed E-state index contributed by atoms with van der Waals surface area (Å²) in [5.41, 5.74) is 2.90. The SMILES string of the molecule is Cc1ccc(NC(=O)CCc2nc3cc(S(=O)(=O)N(C)C)ccc3n2C)cc1NS(C)(=O)=O. The lowest BCUT2D eigenvalue weighted by molar-refractivity contribution is -0.116. The number of imidazole rings is 1. The molecular weight excluding hydrogens is 466 g/mol. The maximum absolute atomic E-state index is 12.5. The summed E-state index contributed by atoms with van der Waals surface area (Å²) in [6.45, 7) is 1.76. The van der Waals surface area contributed by atoms with Gasteiger partial charge in [0.05, 0.1) is 27.9 Å². The van der Waals surface area contributed by atoms with Crippen LogP contribution in [-0.2, 0) is 38.3 Å². The molecule has 0 saturated carbocycles. The first-order valence-corrected chi connectivity index (χ1v) is 13.4. The molecule has 0 radical (unpaired) electrons. The fourth-order valence-electron chi connectivity index (χ4n) is 3.28. The lowest BCUT2D eigenvalue weighted by atomic mass is 10.2. The van der Waals surface area contributed by atoms with Crippen LogP contribution in [0.15, 0.2) is 41.3 Å². The molecule has 3 aromatic rings. The van der Waals surface area contributed by atoms with Gasteiger partial charge in [-0.15, -0.1) is 0 Å². The van der Waals surface area contributed by atoms with Gasteiger partial charge in [0.25, 0.3) is 0 Å². The van der Waals surface area contributed by atoms with Gasteiger partial charge in [0.2, 0.25) is 26.0 Å². The Kier molecular flexibility index (Phi) is 6.82. The molecule has 0 fully saturated rings. The van der Waals surface area contributed by atoms with Crippen molar-refractivity contribution < 1.29 is 21.6 Å². The monoisotopic (exact) mass is 493 g/mol. The molecule has 2 aromatic carbocycles. The molecule has 12 heteroatoms. The highest BCUT2D eigenvalue weighted by Crippen LogP contribution is 2.23. The van der Waals surface area contributed by atoms with Crippen LogP contribution in [0.4, 0.5) is 11.4 Å². The number of rotatable bonds is 8. The van der Waals surface area contributed by atoms with Gasteiger partial charge in [-0.2, -0.15) is 0 Å². The highest BCUT2D eigenvalue weighted by atomic mass is 32.2. The topological polar surface area (TPSA) is 130 Å². The molecule has 0 atom stereocenters. The Morgan fingerprint density at radius 1 is 1.09 bits per heavy atom. The van der Waals surface area contributed by atoms with Crippen LogP contribution in [0.5, 0.6) is 0 Å². The Morgan fingerprint density at radius 2 is 1.79 bits per heavy atom. The molecule has 10 nitrogen and oxygen atoms in total. The molecular formula is C21H27N5O5S2. The summed E-state index contributed by atoms with van der Waals surface area (Å²) in [4.78, 5) is 17.1. The van der Waals surface area contributed by atoms with E-state index in [4.69, 9.17) is 0 Å². The summed E-state index contributed by atoms with van der Waals surface area (Å²) in [7, 11) is -2.27. The Bertz CT molecular complexity index is 1430. The van der Waals surface area contributed by atoms with E-state index >= 15 is 0 Å².